The van der Waals surface area contributed by atoms with E-state index in [-0.39, 0.29) is 5.91 Å². The third-order valence-electron chi connectivity index (χ3n) is 4.00. The highest BCUT2D eigenvalue weighted by Gasteiger charge is 2.44. The Bertz CT molecular complexity index is 642. The third-order valence-corrected chi connectivity index (χ3v) is 4.00. The third kappa shape index (κ3) is 2.43. The second-order valence-corrected chi connectivity index (χ2v) is 5.31. The highest BCUT2D eigenvalue weighted by atomic mass is 16.3. The number of carbonyl (C=O) groups is 1. The largest absolute Gasteiger partial charge is 0.355 e. The van der Waals surface area contributed by atoms with E-state index < -0.39 is 12.1 Å². The van der Waals surface area contributed by atoms with Crippen molar-refractivity contribution in [1.82, 2.24) is 0 Å². The molecule has 0 aliphatic carbocycles. The number of pyridine rings is 1. The Morgan fingerprint density at radius 2 is 1.86 bits per heavy atom. The van der Waals surface area contributed by atoms with Crippen LogP contribution in [0.1, 0.15) is 23.7 Å². The van der Waals surface area contributed by atoms with Gasteiger partial charge in [-0.15, -0.1) is 0 Å². The first-order chi connectivity index (χ1) is 10.2. The van der Waals surface area contributed by atoms with Crippen molar-refractivity contribution in [2.24, 2.45) is 5.92 Å². The average Bonchev–Trinajstić information content (AvgIpc) is 2.53. The summed E-state index contributed by atoms with van der Waals surface area (Å²) < 4.78 is 1.64. The number of carbonyl (C=O) groups excluding carboxylic acids is 1. The molecule has 3 rings (SSSR count). The summed E-state index contributed by atoms with van der Waals surface area (Å²) in [6.07, 6.45) is 1.60. The zero-order valence-electron chi connectivity index (χ0n) is 12.0. The second kappa shape index (κ2) is 5.66. The van der Waals surface area contributed by atoms with Gasteiger partial charge in [0.25, 0.3) is 5.82 Å². The van der Waals surface area contributed by atoms with Gasteiger partial charge in [0.1, 0.15) is 12.5 Å². The minimum Gasteiger partial charge on any atom is -0.355 e. The van der Waals surface area contributed by atoms with Crippen molar-refractivity contribution in [3.63, 3.8) is 0 Å². The van der Waals surface area contributed by atoms with Crippen LogP contribution in [0.2, 0.25) is 0 Å². The minimum atomic E-state index is -0.787. The molecule has 21 heavy (non-hydrogen) atoms. The Hall–Kier alpha value is -2.20. The number of hydrogen-bond donors (Lipinski definition) is 1. The van der Waals surface area contributed by atoms with E-state index in [1.807, 2.05) is 60.4 Å². The first-order valence-corrected chi connectivity index (χ1v) is 7.26. The smallest absolute Gasteiger partial charge is 0.324 e. The maximum Gasteiger partial charge on any atom is 0.324 e. The molecule has 0 spiro atoms. The van der Waals surface area contributed by atoms with Gasteiger partial charge < -0.3 is 5.11 Å². The van der Waals surface area contributed by atoms with Gasteiger partial charge >= 0.3 is 5.91 Å². The molecule has 0 saturated heterocycles. The van der Waals surface area contributed by atoms with Crippen LogP contribution in [0.3, 0.4) is 0 Å². The molecule has 1 aromatic carbocycles. The first-order valence-electron chi connectivity index (χ1n) is 7.26. The molecule has 4 heteroatoms. The Balaban J connectivity index is 2.01. The van der Waals surface area contributed by atoms with Gasteiger partial charge in [-0.3, -0.25) is 0 Å². The SMILES string of the molecule is CCC1C(=O)[n+]2ccccc2N(Cc2ccccc2)C1O. The van der Waals surface area contributed by atoms with Gasteiger partial charge in [0, 0.05) is 6.07 Å². The fourth-order valence-corrected chi connectivity index (χ4v) is 2.85. The number of aliphatic hydroxyl groups excluding tert-OH is 1. The maximum atomic E-state index is 12.4. The van der Waals surface area contributed by atoms with Crippen LogP contribution < -0.4 is 9.47 Å². The highest BCUT2D eigenvalue weighted by Crippen LogP contribution is 2.25. The van der Waals surface area contributed by atoms with Gasteiger partial charge in [-0.1, -0.05) is 43.3 Å². The van der Waals surface area contributed by atoms with Crippen LogP contribution in [0, 0.1) is 5.92 Å². The predicted octanol–water partition coefficient (Wildman–Crippen LogP) is 1.98. The predicted molar refractivity (Wildman–Crippen MR) is 79.7 cm³/mol. The minimum absolute atomic E-state index is 0.0371. The van der Waals surface area contributed by atoms with E-state index in [1.54, 1.807) is 10.8 Å². The fourth-order valence-electron chi connectivity index (χ4n) is 2.85. The van der Waals surface area contributed by atoms with Gasteiger partial charge in [0.05, 0.1) is 6.20 Å². The molecule has 1 aliphatic heterocycles. The van der Waals surface area contributed by atoms with E-state index >= 15 is 0 Å². The van der Waals surface area contributed by atoms with Gasteiger partial charge in [0.2, 0.25) is 6.23 Å². The monoisotopic (exact) mass is 283 g/mol. The summed E-state index contributed by atoms with van der Waals surface area (Å²) in [5.74, 6) is 0.307. The van der Waals surface area contributed by atoms with E-state index in [0.717, 1.165) is 11.4 Å². The summed E-state index contributed by atoms with van der Waals surface area (Å²) in [6.45, 7) is 2.51. The van der Waals surface area contributed by atoms with Gasteiger partial charge in [-0.25, -0.2) is 9.69 Å². The lowest BCUT2D eigenvalue weighted by atomic mass is 9.99. The number of aromatic nitrogens is 1. The molecule has 108 valence electrons. The van der Waals surface area contributed by atoms with Crippen molar-refractivity contribution < 1.29 is 14.5 Å². The Kier molecular flexibility index (Phi) is 3.71. The summed E-state index contributed by atoms with van der Waals surface area (Å²) in [6, 6.07) is 15.6. The second-order valence-electron chi connectivity index (χ2n) is 5.31. The molecule has 0 saturated carbocycles. The number of rotatable bonds is 3. The molecule has 2 atom stereocenters. The van der Waals surface area contributed by atoms with E-state index in [2.05, 4.69) is 0 Å². The number of hydrogen-bond acceptors (Lipinski definition) is 3. The Labute approximate surface area is 124 Å². The Morgan fingerprint density at radius 1 is 1.14 bits per heavy atom. The summed E-state index contributed by atoms with van der Waals surface area (Å²) in [7, 11) is 0. The van der Waals surface area contributed by atoms with Crippen LogP contribution in [-0.4, -0.2) is 17.2 Å². The van der Waals surface area contributed by atoms with Crippen LogP contribution >= 0.6 is 0 Å². The molecule has 4 nitrogen and oxygen atoms in total. The summed E-state index contributed by atoms with van der Waals surface area (Å²) in [5.41, 5.74) is 1.11. The molecule has 2 unspecified atom stereocenters. The van der Waals surface area contributed by atoms with Crippen LogP contribution in [0.5, 0.6) is 0 Å². The summed E-state index contributed by atoms with van der Waals surface area (Å²) in [4.78, 5) is 14.3. The lowest BCUT2D eigenvalue weighted by Gasteiger charge is -2.32. The standard InChI is InChI=1S/C17H19N2O2/c1-2-14-16(20)18-11-7-6-10-15(18)19(17(14)21)12-13-8-4-3-5-9-13/h3-11,14,17,21H,2,12H2,1H3/q+1. The average molecular weight is 283 g/mol. The summed E-state index contributed by atoms with van der Waals surface area (Å²) >= 11 is 0. The Morgan fingerprint density at radius 3 is 2.57 bits per heavy atom. The maximum absolute atomic E-state index is 12.4. The van der Waals surface area contributed by atoms with Crippen molar-refractivity contribution in [1.29, 1.82) is 0 Å². The van der Waals surface area contributed by atoms with E-state index in [0.29, 0.717) is 13.0 Å². The topological polar surface area (TPSA) is 44.4 Å². The normalized spacial score (nSPS) is 21.2. The lowest BCUT2D eigenvalue weighted by Crippen LogP contribution is -2.62. The molecular weight excluding hydrogens is 264 g/mol. The van der Waals surface area contributed by atoms with Gasteiger partial charge in [-0.05, 0) is 18.1 Å². The van der Waals surface area contributed by atoms with Crippen molar-refractivity contribution in [3.8, 4) is 0 Å². The van der Waals surface area contributed by atoms with Crippen molar-refractivity contribution in [2.75, 3.05) is 4.90 Å². The highest BCUT2D eigenvalue weighted by molar-refractivity contribution is 5.74. The van der Waals surface area contributed by atoms with Crippen LogP contribution in [0.15, 0.2) is 54.7 Å². The molecule has 2 aromatic rings. The van der Waals surface area contributed by atoms with Gasteiger partial charge in [0.15, 0.2) is 0 Å². The molecule has 1 N–H and O–H groups in total. The van der Waals surface area contributed by atoms with Crippen LogP contribution in [-0.2, 0) is 6.54 Å². The molecule has 0 radical (unpaired) electrons. The first kappa shape index (κ1) is 13.8. The van der Waals surface area contributed by atoms with Crippen molar-refractivity contribution in [3.05, 3.63) is 60.3 Å². The van der Waals surface area contributed by atoms with E-state index in [9.17, 15) is 9.90 Å². The molecule has 0 fully saturated rings. The fraction of sp³-hybridized carbons (Fsp3) is 0.294. The quantitative estimate of drug-likeness (QED) is 0.876. The molecule has 0 amide bonds. The number of aliphatic hydroxyl groups is 1. The zero-order valence-corrected chi connectivity index (χ0v) is 12.0. The molecule has 1 aromatic heterocycles. The number of nitrogens with zero attached hydrogens (tertiary/aromatic N) is 2. The number of anilines is 1. The molecular formula is C17H19N2O2+. The molecule has 1 aliphatic rings. The van der Waals surface area contributed by atoms with E-state index in [1.165, 1.54) is 0 Å². The van der Waals surface area contributed by atoms with Crippen molar-refractivity contribution >= 4 is 11.7 Å². The molecule has 2 heterocycles. The lowest BCUT2D eigenvalue weighted by molar-refractivity contribution is -0.570. The van der Waals surface area contributed by atoms with Crippen molar-refractivity contribution in [2.45, 2.75) is 26.1 Å². The van der Waals surface area contributed by atoms with Gasteiger partial charge in [-0.2, -0.15) is 4.57 Å². The van der Waals surface area contributed by atoms with Crippen LogP contribution in [0.25, 0.3) is 0 Å². The van der Waals surface area contributed by atoms with Crippen LogP contribution in [0.4, 0.5) is 5.82 Å². The number of fused-ring (bicyclic) bond motifs is 1. The van der Waals surface area contributed by atoms with E-state index in [4.69, 9.17) is 0 Å². The summed E-state index contributed by atoms with van der Waals surface area (Å²) in [5, 5.41) is 10.6. The zero-order chi connectivity index (χ0) is 14.8. The number of benzene rings is 1. The molecule has 0 bridgehead atoms.